The summed E-state index contributed by atoms with van der Waals surface area (Å²) in [5, 5.41) is 3.54. The zero-order valence-corrected chi connectivity index (χ0v) is 12.4. The van der Waals surface area contributed by atoms with Crippen LogP contribution < -0.4 is 5.32 Å². The largest absolute Gasteiger partial charge is 0.316 e. The van der Waals surface area contributed by atoms with E-state index < -0.39 is 0 Å². The number of hydrogen-bond donors (Lipinski definition) is 1. The van der Waals surface area contributed by atoms with E-state index in [4.69, 9.17) is 0 Å². The van der Waals surface area contributed by atoms with Crippen molar-refractivity contribution in [2.24, 2.45) is 11.8 Å². The molecule has 0 bridgehead atoms. The summed E-state index contributed by atoms with van der Waals surface area (Å²) in [7, 11) is 2.12. The number of hydrogen-bond acceptors (Lipinski definition) is 2. The molecule has 1 N–H and O–H groups in total. The Bertz CT molecular complexity index is 338. The molecule has 3 unspecified atom stereocenters. The van der Waals surface area contributed by atoms with Crippen LogP contribution in [0.25, 0.3) is 0 Å². The second-order valence-electron chi connectivity index (χ2n) is 5.55. The van der Waals surface area contributed by atoms with Crippen LogP contribution in [0.1, 0.15) is 32.6 Å². The highest BCUT2D eigenvalue weighted by Crippen LogP contribution is 2.32. The van der Waals surface area contributed by atoms with Gasteiger partial charge in [-0.3, -0.25) is 0 Å². The minimum atomic E-state index is 0.665. The van der Waals surface area contributed by atoms with Crippen LogP contribution in [0.4, 0.5) is 0 Å². The molecular formula is C16H25NS. The molecule has 1 saturated carbocycles. The lowest BCUT2D eigenvalue weighted by Crippen LogP contribution is -2.38. The Kier molecular flexibility index (Phi) is 5.58. The second kappa shape index (κ2) is 7.20. The lowest BCUT2D eigenvalue weighted by molar-refractivity contribution is 0.240. The summed E-state index contributed by atoms with van der Waals surface area (Å²) in [6.45, 7) is 2.41. The molecule has 0 aliphatic heterocycles. The number of rotatable bonds is 5. The standard InChI is InChI=1S/C16H25NS/c1-13-7-6-8-14(11-13)16(17-2)12-18-15-9-4-3-5-10-15/h3-5,9-10,13-14,16-17H,6-8,11-12H2,1-2H3. The molecule has 0 heterocycles. The van der Waals surface area contributed by atoms with E-state index in [1.807, 2.05) is 11.8 Å². The lowest BCUT2D eigenvalue weighted by atomic mass is 9.79. The van der Waals surface area contributed by atoms with Crippen LogP contribution in [0.3, 0.4) is 0 Å². The zero-order chi connectivity index (χ0) is 12.8. The van der Waals surface area contributed by atoms with E-state index in [-0.39, 0.29) is 0 Å². The van der Waals surface area contributed by atoms with Crippen molar-refractivity contribution in [2.45, 2.75) is 43.5 Å². The number of thioether (sulfide) groups is 1. The van der Waals surface area contributed by atoms with Crippen molar-refractivity contribution in [1.82, 2.24) is 5.32 Å². The smallest absolute Gasteiger partial charge is 0.0187 e. The van der Waals surface area contributed by atoms with E-state index in [2.05, 4.69) is 49.6 Å². The van der Waals surface area contributed by atoms with Crippen molar-refractivity contribution in [3.63, 3.8) is 0 Å². The molecule has 0 amide bonds. The fraction of sp³-hybridized carbons (Fsp3) is 0.625. The topological polar surface area (TPSA) is 12.0 Å². The average molecular weight is 263 g/mol. The van der Waals surface area contributed by atoms with Crippen molar-refractivity contribution in [2.75, 3.05) is 12.8 Å². The second-order valence-corrected chi connectivity index (χ2v) is 6.64. The Morgan fingerprint density at radius 2 is 2.06 bits per heavy atom. The van der Waals surface area contributed by atoms with Crippen molar-refractivity contribution in [3.8, 4) is 0 Å². The molecule has 0 radical (unpaired) electrons. The zero-order valence-electron chi connectivity index (χ0n) is 11.6. The Morgan fingerprint density at radius 1 is 1.28 bits per heavy atom. The number of nitrogens with one attached hydrogen (secondary N) is 1. The SMILES string of the molecule is CNC(CSc1ccccc1)C1CCCC(C)C1. The molecule has 1 aliphatic carbocycles. The molecule has 1 fully saturated rings. The van der Waals surface area contributed by atoms with E-state index in [1.165, 1.54) is 36.3 Å². The summed E-state index contributed by atoms with van der Waals surface area (Å²) in [5.74, 6) is 2.98. The van der Waals surface area contributed by atoms with Gasteiger partial charge < -0.3 is 5.32 Å². The van der Waals surface area contributed by atoms with Crippen LogP contribution in [0.2, 0.25) is 0 Å². The maximum absolute atomic E-state index is 3.54. The molecular weight excluding hydrogens is 238 g/mol. The highest BCUT2D eigenvalue weighted by atomic mass is 32.2. The van der Waals surface area contributed by atoms with Crippen LogP contribution in [-0.4, -0.2) is 18.8 Å². The Morgan fingerprint density at radius 3 is 2.72 bits per heavy atom. The molecule has 2 heteroatoms. The summed E-state index contributed by atoms with van der Waals surface area (Å²) >= 11 is 1.99. The Hall–Kier alpha value is -0.470. The molecule has 1 aromatic carbocycles. The van der Waals surface area contributed by atoms with Gasteiger partial charge in [-0.2, -0.15) is 0 Å². The van der Waals surface area contributed by atoms with Gasteiger partial charge in [0.2, 0.25) is 0 Å². The summed E-state index contributed by atoms with van der Waals surface area (Å²) in [4.78, 5) is 1.39. The maximum atomic E-state index is 3.54. The molecule has 18 heavy (non-hydrogen) atoms. The van der Waals surface area contributed by atoms with Crippen LogP contribution in [0.5, 0.6) is 0 Å². The third-order valence-corrected chi connectivity index (χ3v) is 5.22. The predicted molar refractivity (Wildman–Crippen MR) is 81.1 cm³/mol. The first-order valence-corrected chi connectivity index (χ1v) is 8.13. The van der Waals surface area contributed by atoms with Crippen molar-refractivity contribution >= 4 is 11.8 Å². The van der Waals surface area contributed by atoms with E-state index in [0.717, 1.165) is 11.8 Å². The first-order chi connectivity index (χ1) is 8.79. The van der Waals surface area contributed by atoms with Gasteiger partial charge in [0.1, 0.15) is 0 Å². The molecule has 3 atom stereocenters. The van der Waals surface area contributed by atoms with Gasteiger partial charge in [-0.05, 0) is 43.9 Å². The predicted octanol–water partition coefficient (Wildman–Crippen LogP) is 4.19. The highest BCUT2D eigenvalue weighted by Gasteiger charge is 2.25. The van der Waals surface area contributed by atoms with Crippen LogP contribution in [0, 0.1) is 11.8 Å². The van der Waals surface area contributed by atoms with Crippen LogP contribution >= 0.6 is 11.8 Å². The van der Waals surface area contributed by atoms with Crippen LogP contribution in [-0.2, 0) is 0 Å². The van der Waals surface area contributed by atoms with Crippen LogP contribution in [0.15, 0.2) is 35.2 Å². The molecule has 1 aromatic rings. The van der Waals surface area contributed by atoms with Gasteiger partial charge in [0.25, 0.3) is 0 Å². The van der Waals surface area contributed by atoms with Crippen molar-refractivity contribution in [3.05, 3.63) is 30.3 Å². The third kappa shape index (κ3) is 4.03. The number of benzene rings is 1. The van der Waals surface area contributed by atoms with Crippen molar-refractivity contribution in [1.29, 1.82) is 0 Å². The quantitative estimate of drug-likeness (QED) is 0.799. The monoisotopic (exact) mass is 263 g/mol. The summed E-state index contributed by atoms with van der Waals surface area (Å²) in [6, 6.07) is 11.4. The molecule has 0 spiro atoms. The molecule has 1 aliphatic rings. The Labute approximate surface area is 116 Å². The average Bonchev–Trinajstić information content (AvgIpc) is 2.41. The maximum Gasteiger partial charge on any atom is 0.0187 e. The van der Waals surface area contributed by atoms with Gasteiger partial charge in [-0.15, -0.1) is 11.8 Å². The van der Waals surface area contributed by atoms with Gasteiger partial charge in [0.15, 0.2) is 0 Å². The molecule has 0 saturated heterocycles. The van der Waals surface area contributed by atoms with Gasteiger partial charge in [0, 0.05) is 16.7 Å². The van der Waals surface area contributed by atoms with E-state index in [0.29, 0.717) is 6.04 Å². The van der Waals surface area contributed by atoms with E-state index in [9.17, 15) is 0 Å². The first kappa shape index (κ1) is 14.0. The highest BCUT2D eigenvalue weighted by molar-refractivity contribution is 7.99. The Balaban J connectivity index is 1.85. The molecule has 0 aromatic heterocycles. The minimum Gasteiger partial charge on any atom is -0.316 e. The minimum absolute atomic E-state index is 0.665. The normalized spacial score (nSPS) is 25.9. The summed E-state index contributed by atoms with van der Waals surface area (Å²) < 4.78 is 0. The van der Waals surface area contributed by atoms with E-state index >= 15 is 0 Å². The van der Waals surface area contributed by atoms with E-state index in [1.54, 1.807) is 0 Å². The van der Waals surface area contributed by atoms with Gasteiger partial charge >= 0.3 is 0 Å². The summed E-state index contributed by atoms with van der Waals surface area (Å²) in [6.07, 6.45) is 5.66. The fourth-order valence-electron chi connectivity index (χ4n) is 3.00. The van der Waals surface area contributed by atoms with Crippen molar-refractivity contribution < 1.29 is 0 Å². The molecule has 1 nitrogen and oxygen atoms in total. The summed E-state index contributed by atoms with van der Waals surface area (Å²) in [5.41, 5.74) is 0. The molecule has 2 rings (SSSR count). The van der Waals surface area contributed by atoms with Gasteiger partial charge in [0.05, 0.1) is 0 Å². The first-order valence-electron chi connectivity index (χ1n) is 7.14. The lowest BCUT2D eigenvalue weighted by Gasteiger charge is -2.33. The van der Waals surface area contributed by atoms with Gasteiger partial charge in [-0.25, -0.2) is 0 Å². The fourth-order valence-corrected chi connectivity index (χ4v) is 4.16. The van der Waals surface area contributed by atoms with Gasteiger partial charge in [-0.1, -0.05) is 38.0 Å². The third-order valence-electron chi connectivity index (χ3n) is 4.09. The molecule has 100 valence electrons.